The first-order valence-electron chi connectivity index (χ1n) is 19.2. The van der Waals surface area contributed by atoms with Crippen LogP contribution in [0, 0.1) is 24.7 Å². The Morgan fingerprint density at radius 3 is 1.34 bits per heavy atom. The van der Waals surface area contributed by atoms with Gasteiger partial charge in [0.05, 0.1) is 13.2 Å². The lowest BCUT2D eigenvalue weighted by Crippen LogP contribution is -2.48. The van der Waals surface area contributed by atoms with Crippen LogP contribution in [0.1, 0.15) is 60.8 Å². The normalized spacial score (nSPS) is 14.6. The Bertz CT molecular complexity index is 2900. The summed E-state index contributed by atoms with van der Waals surface area (Å²) in [5.41, 5.74) is 4.36. The first-order chi connectivity index (χ1) is 28.5. The number of unbranched alkanes of at least 4 members (excludes halogenated alkanes) is 4. The molecule has 282 valence electrons. The molecular weight excluding hydrogens is 762 g/mol. The fourth-order valence-corrected chi connectivity index (χ4v) is 12.5. The van der Waals surface area contributed by atoms with Crippen LogP contribution in [0.2, 0.25) is 0 Å². The van der Waals surface area contributed by atoms with Crippen LogP contribution in [0.4, 0.5) is 11.6 Å². The van der Waals surface area contributed by atoms with E-state index in [1.165, 1.54) is 0 Å². The van der Waals surface area contributed by atoms with Gasteiger partial charge in [0.15, 0.2) is 23.3 Å². The third kappa shape index (κ3) is 6.21. The van der Waals surface area contributed by atoms with Crippen LogP contribution in [0.5, 0.6) is 0 Å². The number of amidine groups is 4. The lowest BCUT2D eigenvalue weighted by Gasteiger charge is -2.24. The molecule has 0 radical (unpaired) electrons. The summed E-state index contributed by atoms with van der Waals surface area (Å²) in [6.45, 7) is 0.200. The van der Waals surface area contributed by atoms with E-state index < -0.39 is 22.7 Å². The zero-order chi connectivity index (χ0) is 39.2. The molecule has 0 spiro atoms. The van der Waals surface area contributed by atoms with E-state index in [0.29, 0.717) is 84.5 Å². The summed E-state index contributed by atoms with van der Waals surface area (Å²) in [6, 6.07) is 31.7. The van der Waals surface area contributed by atoms with Gasteiger partial charge in [0.1, 0.15) is 22.6 Å². The second kappa shape index (κ2) is 15.1. The number of fused-ring (bicyclic) bond motifs is 14. The number of rotatable bonds is 12. The van der Waals surface area contributed by atoms with Gasteiger partial charge >= 0.3 is 22.7 Å². The number of aliphatic imine (C=N–C) groups is 4. The van der Waals surface area contributed by atoms with E-state index in [4.69, 9.17) is 55.4 Å². The summed E-state index contributed by atoms with van der Waals surface area (Å²) in [6.07, 6.45) is 14.7. The van der Waals surface area contributed by atoms with Gasteiger partial charge in [-0.05, 0) is 25.7 Å². The van der Waals surface area contributed by atoms with Crippen molar-refractivity contribution >= 4 is 79.3 Å². The van der Waals surface area contributed by atoms with E-state index in [-0.39, 0.29) is 13.2 Å². The Morgan fingerprint density at radius 2 is 0.914 bits per heavy atom. The minimum absolute atomic E-state index is 0.1000. The van der Waals surface area contributed by atoms with Crippen molar-refractivity contribution in [3.8, 4) is 24.7 Å². The quantitative estimate of drug-likeness (QED) is 0.0545. The van der Waals surface area contributed by atoms with Gasteiger partial charge in [0.25, 0.3) is 0 Å². The van der Waals surface area contributed by atoms with E-state index in [2.05, 4.69) is 11.8 Å². The Labute approximate surface area is 338 Å². The van der Waals surface area contributed by atoms with Crippen LogP contribution < -0.4 is 11.0 Å². The van der Waals surface area contributed by atoms with Gasteiger partial charge in [-0.1, -0.05) is 97.1 Å². The average molecular weight is 797 g/mol. The lowest BCUT2D eigenvalue weighted by atomic mass is 10.1. The SMILES string of the molecule is C#CCCCCOP(=O)(OCCCCC#C)[O][Al]1[n]2c3c4ccccc4c2N=C2N=C(N=c4c5ccccc5c([n]41)=NC1=NC(=N3)c3ccccc31)c1ccccc12. The number of aromatic nitrogens is 2. The fraction of sp³-hybridized carbons (Fsp3) is 0.182. The van der Waals surface area contributed by atoms with Crippen molar-refractivity contribution in [2.24, 2.45) is 30.0 Å². The number of hydrogen-bond donors (Lipinski definition) is 0. The number of benzene rings is 4. The van der Waals surface area contributed by atoms with Crippen LogP contribution >= 0.6 is 7.82 Å². The molecule has 0 aliphatic carbocycles. The van der Waals surface area contributed by atoms with Gasteiger partial charge < -0.3 is 10.7 Å². The molecule has 0 atom stereocenters. The van der Waals surface area contributed by atoms with Crippen molar-refractivity contribution in [1.29, 1.82) is 0 Å². The molecule has 0 fully saturated rings. The highest BCUT2D eigenvalue weighted by atomic mass is 31.2. The lowest BCUT2D eigenvalue weighted by molar-refractivity contribution is 0.149. The highest BCUT2D eigenvalue weighted by Crippen LogP contribution is 2.52. The Kier molecular flexibility index (Phi) is 9.44. The standard InChI is InChI=1S/C32H16N8.C12H19O4P.Al/c1-2-10-18-17(9-1)25-33-26(18)38-28-21-13-5-6-14-22(21)30(35-28)40-32-24-16-8-7-15-23(24)31(36-32)39-29-20-12-4-3-11-19(20)27(34-29)37-25;1-3-5-7-9-11-15-17(13,14)16-12-10-8-6-4-2;/h1-16H;1-2H,5-12H2,(H,13,14);/q-2;;+3/p-1. The van der Waals surface area contributed by atoms with Crippen LogP contribution in [0.25, 0.3) is 21.5 Å². The van der Waals surface area contributed by atoms with Gasteiger partial charge in [0.2, 0.25) is 0 Å². The molecule has 4 aliphatic heterocycles. The van der Waals surface area contributed by atoms with E-state index in [0.717, 1.165) is 43.8 Å². The second-order valence-corrected chi connectivity index (χ2v) is 18.0. The monoisotopic (exact) mass is 796 g/mol. The molecule has 0 saturated carbocycles. The molecule has 6 aromatic rings. The van der Waals surface area contributed by atoms with E-state index in [1.807, 2.05) is 104 Å². The van der Waals surface area contributed by atoms with Crippen molar-refractivity contribution in [2.45, 2.75) is 38.5 Å². The molecule has 0 N–H and O–H groups in total. The number of phosphoric acid groups is 1. The van der Waals surface area contributed by atoms with E-state index in [1.54, 1.807) is 0 Å². The third-order valence-corrected chi connectivity index (χ3v) is 15.1. The minimum Gasteiger partial charge on any atom is -0.373 e. The fourth-order valence-electron chi connectivity index (χ4n) is 7.70. The molecule has 6 bridgehead atoms. The molecule has 2 aromatic heterocycles. The molecule has 0 amide bonds. The molecule has 0 unspecified atom stereocenters. The van der Waals surface area contributed by atoms with Crippen molar-refractivity contribution in [3.63, 3.8) is 0 Å². The zero-order valence-corrected chi connectivity index (χ0v) is 33.3. The van der Waals surface area contributed by atoms with Crippen molar-refractivity contribution in [3.05, 3.63) is 130 Å². The summed E-state index contributed by atoms with van der Waals surface area (Å²) >= 11 is -3.55. The average Bonchev–Trinajstić information content (AvgIpc) is 3.96. The number of phosphoric ester groups is 1. The molecule has 12 nitrogen and oxygen atoms in total. The van der Waals surface area contributed by atoms with Gasteiger partial charge in [-0.3, -0.25) is 9.05 Å². The van der Waals surface area contributed by atoms with Crippen LogP contribution in [-0.4, -0.2) is 58.6 Å². The summed E-state index contributed by atoms with van der Waals surface area (Å²) in [7, 11) is -4.36. The molecule has 6 heterocycles. The molecule has 10 rings (SSSR count). The first-order valence-corrected chi connectivity index (χ1v) is 22.2. The predicted molar refractivity (Wildman–Crippen MR) is 227 cm³/mol. The topological polar surface area (TPSA) is 129 Å². The number of nitrogens with zero attached hydrogens (tertiary/aromatic N) is 8. The number of terminal acetylenes is 2. The Balaban J connectivity index is 1.32. The van der Waals surface area contributed by atoms with Crippen LogP contribution in [0.3, 0.4) is 0 Å². The highest BCUT2D eigenvalue weighted by molar-refractivity contribution is 7.49. The van der Waals surface area contributed by atoms with Gasteiger partial charge in [-0.15, -0.1) is 24.7 Å². The van der Waals surface area contributed by atoms with Crippen molar-refractivity contribution < 1.29 is 17.2 Å². The van der Waals surface area contributed by atoms with Crippen LogP contribution in [-0.2, 0) is 17.2 Å². The summed E-state index contributed by atoms with van der Waals surface area (Å²) in [5, 5.41) is 3.17. The maximum atomic E-state index is 15.4. The molecule has 4 aliphatic rings. The largest absolute Gasteiger partial charge is 0.818 e. The maximum absolute atomic E-state index is 15.4. The van der Waals surface area contributed by atoms with Crippen molar-refractivity contribution in [1.82, 2.24) is 7.10 Å². The van der Waals surface area contributed by atoms with Crippen molar-refractivity contribution in [2.75, 3.05) is 13.2 Å². The molecule has 0 saturated heterocycles. The minimum atomic E-state index is -4.36. The van der Waals surface area contributed by atoms with Gasteiger partial charge in [-0.2, -0.15) is 0 Å². The van der Waals surface area contributed by atoms with E-state index >= 15 is 4.57 Å². The first kappa shape index (κ1) is 36.4. The summed E-state index contributed by atoms with van der Waals surface area (Å²) < 4.78 is 38.8. The predicted octanol–water partition coefficient (Wildman–Crippen LogP) is 7.69. The summed E-state index contributed by atoms with van der Waals surface area (Å²) in [5.74, 6) is 8.29. The molecule has 58 heavy (non-hydrogen) atoms. The third-order valence-electron chi connectivity index (χ3n) is 10.4. The van der Waals surface area contributed by atoms with Gasteiger partial charge in [0, 0.05) is 56.6 Å². The Morgan fingerprint density at radius 1 is 0.517 bits per heavy atom. The maximum Gasteiger partial charge on any atom is 0.818 e. The summed E-state index contributed by atoms with van der Waals surface area (Å²) in [4.78, 5) is 31.5. The zero-order valence-electron chi connectivity index (χ0n) is 31.3. The van der Waals surface area contributed by atoms with E-state index in [9.17, 15) is 0 Å². The van der Waals surface area contributed by atoms with Gasteiger partial charge in [-0.25, -0.2) is 34.5 Å². The molecular formula is C44H34AlN8O4P. The molecule has 14 heteroatoms. The highest BCUT2D eigenvalue weighted by Gasteiger charge is 2.48. The smallest absolute Gasteiger partial charge is 0.373 e. The molecule has 4 aromatic carbocycles. The Hall–Kier alpha value is -6.00. The second-order valence-electron chi connectivity index (χ2n) is 14.0. The van der Waals surface area contributed by atoms with Crippen LogP contribution in [0.15, 0.2) is 127 Å². The number of hydrogen-bond acceptors (Lipinski definition) is 10.